The molecule has 0 aromatic heterocycles. The van der Waals surface area contributed by atoms with Crippen molar-refractivity contribution in [1.82, 2.24) is 4.90 Å². The van der Waals surface area contributed by atoms with Crippen molar-refractivity contribution < 1.29 is 27.2 Å². The largest absolute Gasteiger partial charge is 0.416 e. The number of anilines is 1. The van der Waals surface area contributed by atoms with Crippen LogP contribution in [0.15, 0.2) is 53.5 Å². The van der Waals surface area contributed by atoms with E-state index in [-0.39, 0.29) is 23.0 Å². The van der Waals surface area contributed by atoms with E-state index in [1.54, 1.807) is 6.07 Å². The van der Waals surface area contributed by atoms with Gasteiger partial charge >= 0.3 is 6.18 Å². The van der Waals surface area contributed by atoms with Gasteiger partial charge in [-0.2, -0.15) is 13.2 Å². The molecule has 0 saturated carbocycles. The van der Waals surface area contributed by atoms with E-state index >= 15 is 0 Å². The molecule has 2 aromatic rings. The van der Waals surface area contributed by atoms with Gasteiger partial charge in [0.2, 0.25) is 11.8 Å². The molecule has 2 aromatic carbocycles. The predicted molar refractivity (Wildman–Crippen MR) is 102 cm³/mol. The van der Waals surface area contributed by atoms with Crippen LogP contribution in [0.25, 0.3) is 0 Å². The fraction of sp³-hybridized carbons (Fsp3) is 0.211. The fourth-order valence-electron chi connectivity index (χ4n) is 2.54. The summed E-state index contributed by atoms with van der Waals surface area (Å²) in [5, 5.41) is 1.60. The first-order chi connectivity index (χ1) is 13.6. The van der Waals surface area contributed by atoms with Gasteiger partial charge in [0.25, 0.3) is 0 Å². The first kappa shape index (κ1) is 20.8. The monoisotopic (exact) mass is 425 g/mol. The Morgan fingerprint density at radius 1 is 1.21 bits per heavy atom. The maximum Gasteiger partial charge on any atom is 0.416 e. The van der Waals surface area contributed by atoms with Gasteiger partial charge in [-0.3, -0.25) is 14.5 Å². The highest BCUT2D eigenvalue weighted by Crippen LogP contribution is 2.33. The minimum absolute atomic E-state index is 0.00265. The lowest BCUT2D eigenvalue weighted by Gasteiger charge is -2.28. The van der Waals surface area contributed by atoms with Gasteiger partial charge in [-0.15, -0.1) is 0 Å². The molecule has 1 saturated heterocycles. The van der Waals surface area contributed by atoms with Crippen LogP contribution in [-0.4, -0.2) is 34.2 Å². The standard InChI is InChI=1S/C19H15F4N3O2S/c1-26-16(27)10-15(17(28)25-14-8-3-2-7-13(14)20)29-18(26)24-12-6-4-5-11(9-12)19(21,22)23/h2-9,15H,10H2,1H3,(H,25,28). The van der Waals surface area contributed by atoms with Gasteiger partial charge in [-0.25, -0.2) is 9.38 Å². The lowest BCUT2D eigenvalue weighted by molar-refractivity contribution is -0.137. The van der Waals surface area contributed by atoms with Gasteiger partial charge in [0.05, 0.1) is 16.9 Å². The minimum atomic E-state index is -4.53. The average molecular weight is 425 g/mol. The van der Waals surface area contributed by atoms with Crippen molar-refractivity contribution in [2.45, 2.75) is 17.8 Å². The van der Waals surface area contributed by atoms with E-state index in [2.05, 4.69) is 10.3 Å². The van der Waals surface area contributed by atoms with Gasteiger partial charge in [-0.05, 0) is 30.3 Å². The molecule has 3 rings (SSSR count). The second kappa shape index (κ2) is 8.24. The van der Waals surface area contributed by atoms with Crippen molar-refractivity contribution in [3.05, 3.63) is 59.9 Å². The van der Waals surface area contributed by atoms with Gasteiger partial charge in [0.1, 0.15) is 11.1 Å². The number of nitrogens with one attached hydrogen (secondary N) is 1. The Bertz CT molecular complexity index is 978. The van der Waals surface area contributed by atoms with Gasteiger partial charge in [0.15, 0.2) is 5.17 Å². The summed E-state index contributed by atoms with van der Waals surface area (Å²) in [7, 11) is 1.42. The number of thioether (sulfide) groups is 1. The van der Waals surface area contributed by atoms with Crippen molar-refractivity contribution in [3.63, 3.8) is 0 Å². The Hall–Kier alpha value is -2.88. The summed E-state index contributed by atoms with van der Waals surface area (Å²) in [5.74, 6) is -1.65. The molecule has 2 amide bonds. The minimum Gasteiger partial charge on any atom is -0.323 e. The summed E-state index contributed by atoms with van der Waals surface area (Å²) in [5.41, 5.74) is -0.902. The smallest absolute Gasteiger partial charge is 0.323 e. The summed E-state index contributed by atoms with van der Waals surface area (Å²) in [4.78, 5) is 30.0. The quantitative estimate of drug-likeness (QED) is 0.740. The SMILES string of the molecule is CN1C(=O)CC(C(=O)Nc2ccccc2F)SC1=Nc1cccc(C(F)(F)F)c1. The molecule has 0 aliphatic carbocycles. The van der Waals surface area contributed by atoms with Crippen LogP contribution < -0.4 is 5.32 Å². The molecule has 1 N–H and O–H groups in total. The van der Waals surface area contributed by atoms with E-state index in [9.17, 15) is 27.2 Å². The predicted octanol–water partition coefficient (Wildman–Crippen LogP) is 4.43. The second-order valence-corrected chi connectivity index (χ2v) is 7.34. The number of benzene rings is 2. The summed E-state index contributed by atoms with van der Waals surface area (Å²) in [6, 6.07) is 9.93. The van der Waals surface area contributed by atoms with Crippen LogP contribution in [0.4, 0.5) is 28.9 Å². The van der Waals surface area contributed by atoms with E-state index in [1.165, 1.54) is 42.3 Å². The molecule has 1 heterocycles. The molecule has 1 atom stereocenters. The topological polar surface area (TPSA) is 61.8 Å². The number of carbonyl (C=O) groups is 2. The number of carbonyl (C=O) groups excluding carboxylic acids is 2. The highest BCUT2D eigenvalue weighted by Gasteiger charge is 2.35. The zero-order chi connectivity index (χ0) is 21.2. The molecule has 1 aliphatic heterocycles. The molecule has 1 fully saturated rings. The number of para-hydroxylation sites is 1. The first-order valence-electron chi connectivity index (χ1n) is 8.39. The van der Waals surface area contributed by atoms with Crippen LogP contribution in [0.2, 0.25) is 0 Å². The van der Waals surface area contributed by atoms with E-state index in [4.69, 9.17) is 0 Å². The number of aliphatic imine (C=N–C) groups is 1. The summed E-state index contributed by atoms with van der Waals surface area (Å²) in [6.45, 7) is 0. The van der Waals surface area contributed by atoms with Crippen LogP contribution >= 0.6 is 11.8 Å². The number of amides is 2. The Kier molecular flexibility index (Phi) is 5.92. The van der Waals surface area contributed by atoms with Gasteiger partial charge in [-0.1, -0.05) is 30.0 Å². The number of halogens is 4. The Morgan fingerprint density at radius 3 is 2.62 bits per heavy atom. The van der Waals surface area contributed by atoms with E-state index in [0.29, 0.717) is 0 Å². The molecule has 1 unspecified atom stereocenters. The van der Waals surface area contributed by atoms with Crippen molar-refractivity contribution in [3.8, 4) is 0 Å². The van der Waals surface area contributed by atoms with Gasteiger partial charge in [0, 0.05) is 13.5 Å². The molecule has 152 valence electrons. The van der Waals surface area contributed by atoms with Crippen LogP contribution in [0.3, 0.4) is 0 Å². The van der Waals surface area contributed by atoms with Crippen molar-refractivity contribution in [2.24, 2.45) is 4.99 Å². The molecular formula is C19H15F4N3O2S. The Morgan fingerprint density at radius 2 is 1.93 bits per heavy atom. The zero-order valence-corrected chi connectivity index (χ0v) is 15.9. The van der Waals surface area contributed by atoms with Crippen LogP contribution in [0.5, 0.6) is 0 Å². The summed E-state index contributed by atoms with van der Waals surface area (Å²) in [6.07, 6.45) is -4.68. The van der Waals surface area contributed by atoms with Crippen molar-refractivity contribution >= 4 is 40.1 Å². The summed E-state index contributed by atoms with van der Waals surface area (Å²) >= 11 is 0.924. The van der Waals surface area contributed by atoms with Crippen LogP contribution in [0, 0.1) is 5.82 Å². The van der Waals surface area contributed by atoms with Crippen LogP contribution in [-0.2, 0) is 15.8 Å². The van der Waals surface area contributed by atoms with Crippen molar-refractivity contribution in [1.29, 1.82) is 0 Å². The maximum absolute atomic E-state index is 13.7. The lowest BCUT2D eigenvalue weighted by atomic mass is 10.2. The number of nitrogens with zero attached hydrogens (tertiary/aromatic N) is 2. The first-order valence-corrected chi connectivity index (χ1v) is 9.27. The molecule has 5 nitrogen and oxygen atoms in total. The fourth-order valence-corrected chi connectivity index (χ4v) is 3.60. The number of alkyl halides is 3. The maximum atomic E-state index is 13.7. The van der Waals surface area contributed by atoms with E-state index in [1.807, 2.05) is 0 Å². The molecule has 0 radical (unpaired) electrons. The highest BCUT2D eigenvalue weighted by molar-refractivity contribution is 8.15. The third-order valence-corrected chi connectivity index (χ3v) is 5.33. The third kappa shape index (κ3) is 4.94. The van der Waals surface area contributed by atoms with Crippen LogP contribution in [0.1, 0.15) is 12.0 Å². The Balaban J connectivity index is 1.83. The molecule has 29 heavy (non-hydrogen) atoms. The number of amidine groups is 1. The molecule has 0 spiro atoms. The molecule has 1 aliphatic rings. The van der Waals surface area contributed by atoms with Gasteiger partial charge < -0.3 is 5.32 Å². The highest BCUT2D eigenvalue weighted by atomic mass is 32.2. The number of hydrogen-bond acceptors (Lipinski definition) is 4. The number of hydrogen-bond donors (Lipinski definition) is 1. The molecular weight excluding hydrogens is 410 g/mol. The zero-order valence-electron chi connectivity index (χ0n) is 15.0. The second-order valence-electron chi connectivity index (χ2n) is 6.17. The average Bonchev–Trinajstić information content (AvgIpc) is 2.66. The Labute approximate surface area is 167 Å². The van der Waals surface area contributed by atoms with E-state index in [0.717, 1.165) is 23.9 Å². The number of rotatable bonds is 3. The third-order valence-electron chi connectivity index (χ3n) is 4.09. The van der Waals surface area contributed by atoms with Crippen molar-refractivity contribution in [2.75, 3.05) is 12.4 Å². The van der Waals surface area contributed by atoms with E-state index < -0.39 is 34.6 Å². The molecule has 0 bridgehead atoms. The lowest BCUT2D eigenvalue weighted by Crippen LogP contribution is -2.43. The summed E-state index contributed by atoms with van der Waals surface area (Å²) < 4.78 is 52.4. The molecule has 10 heteroatoms. The normalized spacial score (nSPS) is 18.8.